The van der Waals surface area contributed by atoms with Crippen LogP contribution < -0.4 is 0 Å². The van der Waals surface area contributed by atoms with Gasteiger partial charge in [0.2, 0.25) is 0 Å². The van der Waals surface area contributed by atoms with Gasteiger partial charge in [-0.3, -0.25) is 0 Å². The van der Waals surface area contributed by atoms with Crippen LogP contribution >= 0.6 is 11.6 Å². The fourth-order valence-corrected chi connectivity index (χ4v) is 3.95. The normalized spacial score (nSPS) is 18.4. The summed E-state index contributed by atoms with van der Waals surface area (Å²) in [6.45, 7) is 0. The largest absolute Gasteiger partial charge is 0.507 e. The standard InChI is InChI=1S/C20H14ClF3O3/c21-13-4-3-10(11-8-14(22)17(24)15(23)9-11)7-12(13)16-18(25)20(27-19(16)26)5-1-2-6-20/h3-4,7-9,25H,1-2,5-6H2. The van der Waals surface area contributed by atoms with E-state index in [2.05, 4.69) is 0 Å². The number of aliphatic hydroxyl groups is 1. The fraction of sp³-hybridized carbons (Fsp3) is 0.250. The van der Waals surface area contributed by atoms with Crippen molar-refractivity contribution in [3.63, 3.8) is 0 Å². The first kappa shape index (κ1) is 17.9. The average Bonchev–Trinajstić information content (AvgIpc) is 3.19. The molecule has 140 valence electrons. The number of hydrogen-bond donors (Lipinski definition) is 1. The van der Waals surface area contributed by atoms with Gasteiger partial charge in [0, 0.05) is 10.6 Å². The minimum Gasteiger partial charge on any atom is -0.507 e. The van der Waals surface area contributed by atoms with E-state index in [9.17, 15) is 23.1 Å². The molecular formula is C20H14ClF3O3. The van der Waals surface area contributed by atoms with Crippen LogP contribution in [0.1, 0.15) is 31.2 Å². The third-order valence-corrected chi connectivity index (χ3v) is 5.45. The molecule has 4 rings (SSSR count). The van der Waals surface area contributed by atoms with Crippen LogP contribution in [0.15, 0.2) is 36.1 Å². The smallest absolute Gasteiger partial charge is 0.343 e. The van der Waals surface area contributed by atoms with Gasteiger partial charge < -0.3 is 9.84 Å². The van der Waals surface area contributed by atoms with Gasteiger partial charge in [0.15, 0.2) is 28.8 Å². The number of hydrogen-bond acceptors (Lipinski definition) is 3. The highest BCUT2D eigenvalue weighted by molar-refractivity contribution is 6.35. The second kappa shape index (κ2) is 6.30. The van der Waals surface area contributed by atoms with Gasteiger partial charge in [-0.05, 0) is 61.1 Å². The number of esters is 1. The zero-order valence-corrected chi connectivity index (χ0v) is 14.7. The number of carbonyl (C=O) groups is 1. The molecule has 27 heavy (non-hydrogen) atoms. The van der Waals surface area contributed by atoms with Crippen LogP contribution in [0, 0.1) is 17.5 Å². The Bertz CT molecular complexity index is 971. The highest BCUT2D eigenvalue weighted by Crippen LogP contribution is 2.47. The molecule has 1 N–H and O–H groups in total. The van der Waals surface area contributed by atoms with Crippen molar-refractivity contribution in [3.05, 3.63) is 64.1 Å². The van der Waals surface area contributed by atoms with Gasteiger partial charge in [0.1, 0.15) is 5.57 Å². The molecule has 0 amide bonds. The molecule has 1 saturated carbocycles. The van der Waals surface area contributed by atoms with Crippen LogP contribution in [0.5, 0.6) is 0 Å². The number of rotatable bonds is 2. The van der Waals surface area contributed by atoms with Crippen molar-refractivity contribution >= 4 is 23.1 Å². The van der Waals surface area contributed by atoms with Crippen LogP contribution in [0.3, 0.4) is 0 Å². The summed E-state index contributed by atoms with van der Waals surface area (Å²) in [6.07, 6.45) is 2.71. The van der Waals surface area contributed by atoms with E-state index >= 15 is 0 Å². The minimum atomic E-state index is -1.56. The Morgan fingerprint density at radius 3 is 2.26 bits per heavy atom. The maximum Gasteiger partial charge on any atom is 0.343 e. The molecule has 0 saturated heterocycles. The molecule has 1 heterocycles. The summed E-state index contributed by atoms with van der Waals surface area (Å²) in [5, 5.41) is 10.9. The van der Waals surface area contributed by atoms with E-state index in [4.69, 9.17) is 16.3 Å². The van der Waals surface area contributed by atoms with Gasteiger partial charge in [-0.1, -0.05) is 17.7 Å². The highest BCUT2D eigenvalue weighted by atomic mass is 35.5. The van der Waals surface area contributed by atoms with Crippen LogP contribution in [-0.2, 0) is 9.53 Å². The summed E-state index contributed by atoms with van der Waals surface area (Å²) in [6, 6.07) is 6.06. The molecule has 2 aromatic rings. The molecule has 0 bridgehead atoms. The molecule has 3 nitrogen and oxygen atoms in total. The van der Waals surface area contributed by atoms with E-state index in [1.54, 1.807) is 0 Å². The van der Waals surface area contributed by atoms with Crippen LogP contribution in [-0.4, -0.2) is 16.7 Å². The van der Waals surface area contributed by atoms with Crippen molar-refractivity contribution in [2.75, 3.05) is 0 Å². The zero-order valence-electron chi connectivity index (χ0n) is 14.0. The number of halogens is 4. The Morgan fingerprint density at radius 2 is 1.63 bits per heavy atom. The quantitative estimate of drug-likeness (QED) is 0.535. The molecule has 2 aliphatic rings. The summed E-state index contributed by atoms with van der Waals surface area (Å²) in [7, 11) is 0. The van der Waals surface area contributed by atoms with Crippen molar-refractivity contribution in [2.45, 2.75) is 31.3 Å². The molecule has 0 aromatic heterocycles. The lowest BCUT2D eigenvalue weighted by atomic mass is 9.93. The number of carbonyl (C=O) groups excluding carboxylic acids is 1. The van der Waals surface area contributed by atoms with E-state index in [0.29, 0.717) is 18.4 Å². The maximum atomic E-state index is 13.6. The van der Waals surface area contributed by atoms with Crippen LogP contribution in [0.25, 0.3) is 16.7 Å². The lowest BCUT2D eigenvalue weighted by Crippen LogP contribution is -2.27. The third kappa shape index (κ3) is 2.79. The molecule has 0 radical (unpaired) electrons. The second-order valence-electron chi connectivity index (χ2n) is 6.76. The van der Waals surface area contributed by atoms with E-state index in [1.165, 1.54) is 18.2 Å². The molecule has 1 spiro atoms. The molecule has 1 aliphatic carbocycles. The van der Waals surface area contributed by atoms with Crippen molar-refractivity contribution < 1.29 is 27.8 Å². The first-order valence-corrected chi connectivity index (χ1v) is 8.82. The van der Waals surface area contributed by atoms with E-state index in [-0.39, 0.29) is 27.5 Å². The number of benzene rings is 2. The van der Waals surface area contributed by atoms with Gasteiger partial charge in [-0.15, -0.1) is 0 Å². The van der Waals surface area contributed by atoms with Crippen LogP contribution in [0.4, 0.5) is 13.2 Å². The predicted molar refractivity (Wildman–Crippen MR) is 93.6 cm³/mol. The molecule has 1 fully saturated rings. The Morgan fingerprint density at radius 1 is 1.00 bits per heavy atom. The van der Waals surface area contributed by atoms with Gasteiger partial charge in [0.25, 0.3) is 0 Å². The highest BCUT2D eigenvalue weighted by Gasteiger charge is 2.50. The maximum absolute atomic E-state index is 13.6. The first-order chi connectivity index (χ1) is 12.8. The molecule has 7 heteroatoms. The Balaban J connectivity index is 1.85. The zero-order chi connectivity index (χ0) is 19.3. The summed E-state index contributed by atoms with van der Waals surface area (Å²) < 4.78 is 45.8. The van der Waals surface area contributed by atoms with Gasteiger partial charge in [-0.2, -0.15) is 0 Å². The summed E-state index contributed by atoms with van der Waals surface area (Å²) >= 11 is 6.22. The Kier molecular flexibility index (Phi) is 4.18. The fourth-order valence-electron chi connectivity index (χ4n) is 3.74. The Hall–Kier alpha value is -2.47. The second-order valence-corrected chi connectivity index (χ2v) is 7.17. The van der Waals surface area contributed by atoms with Crippen LogP contribution in [0.2, 0.25) is 5.02 Å². The predicted octanol–water partition coefficient (Wildman–Crippen LogP) is 5.56. The van der Waals surface area contributed by atoms with Crippen molar-refractivity contribution in [2.24, 2.45) is 0 Å². The minimum absolute atomic E-state index is 0.0493. The van der Waals surface area contributed by atoms with Gasteiger partial charge in [-0.25, -0.2) is 18.0 Å². The van der Waals surface area contributed by atoms with E-state index < -0.39 is 29.0 Å². The SMILES string of the molecule is O=C1OC2(CCCC2)C(O)=C1c1cc(-c2cc(F)c(F)c(F)c2)ccc1Cl. The van der Waals surface area contributed by atoms with Crippen molar-refractivity contribution in [1.29, 1.82) is 0 Å². The lowest BCUT2D eigenvalue weighted by Gasteiger charge is -2.21. The number of ether oxygens (including phenoxy) is 1. The summed E-state index contributed by atoms with van der Waals surface area (Å²) in [5.74, 6) is -5.07. The molecule has 0 unspecified atom stereocenters. The summed E-state index contributed by atoms with van der Waals surface area (Å²) in [4.78, 5) is 12.4. The molecular weight excluding hydrogens is 381 g/mol. The van der Waals surface area contributed by atoms with Gasteiger partial charge in [0.05, 0.1) is 0 Å². The lowest BCUT2D eigenvalue weighted by molar-refractivity contribution is -0.146. The average molecular weight is 395 g/mol. The third-order valence-electron chi connectivity index (χ3n) is 5.12. The van der Waals surface area contributed by atoms with Gasteiger partial charge >= 0.3 is 5.97 Å². The van der Waals surface area contributed by atoms with E-state index in [0.717, 1.165) is 25.0 Å². The van der Waals surface area contributed by atoms with Crippen molar-refractivity contribution in [3.8, 4) is 11.1 Å². The van der Waals surface area contributed by atoms with Crippen molar-refractivity contribution in [1.82, 2.24) is 0 Å². The van der Waals surface area contributed by atoms with E-state index in [1.807, 2.05) is 0 Å². The Labute approximate surface area is 158 Å². The summed E-state index contributed by atoms with van der Waals surface area (Å²) in [5.41, 5.74) is -0.476. The molecule has 0 atom stereocenters. The monoisotopic (exact) mass is 394 g/mol. The molecule has 1 aliphatic heterocycles. The molecule has 2 aromatic carbocycles. The first-order valence-electron chi connectivity index (χ1n) is 8.44. The number of aliphatic hydroxyl groups excluding tert-OH is 1. The topological polar surface area (TPSA) is 46.5 Å².